The molecule has 0 saturated heterocycles. The average Bonchev–Trinajstić information content (AvgIpc) is 2.98. The van der Waals surface area contributed by atoms with Crippen molar-refractivity contribution in [3.63, 3.8) is 0 Å². The maximum atomic E-state index is 3.43. The van der Waals surface area contributed by atoms with Crippen molar-refractivity contribution in [2.24, 2.45) is 0 Å². The van der Waals surface area contributed by atoms with Gasteiger partial charge in [-0.1, -0.05) is 24.3 Å². The fraction of sp³-hybridized carbons (Fsp3) is 0.333. The van der Waals surface area contributed by atoms with Crippen molar-refractivity contribution < 1.29 is 0 Å². The SMILES string of the molecule is CN1CCN(Cc2ccc3c(c2)CCN3)c2ccccc21. The van der Waals surface area contributed by atoms with Crippen LogP contribution in [0, 0.1) is 0 Å². The monoisotopic (exact) mass is 279 g/mol. The van der Waals surface area contributed by atoms with Crippen LogP contribution in [0.3, 0.4) is 0 Å². The topological polar surface area (TPSA) is 18.5 Å². The molecule has 2 aliphatic rings. The van der Waals surface area contributed by atoms with Gasteiger partial charge in [-0.2, -0.15) is 0 Å². The number of rotatable bonds is 2. The van der Waals surface area contributed by atoms with Gasteiger partial charge >= 0.3 is 0 Å². The fourth-order valence-electron chi connectivity index (χ4n) is 3.41. The predicted octanol–water partition coefficient (Wildman–Crippen LogP) is 3.11. The quantitative estimate of drug-likeness (QED) is 0.911. The van der Waals surface area contributed by atoms with Crippen LogP contribution in [0.2, 0.25) is 0 Å². The molecule has 0 radical (unpaired) electrons. The van der Waals surface area contributed by atoms with E-state index in [4.69, 9.17) is 0 Å². The molecule has 0 unspecified atom stereocenters. The van der Waals surface area contributed by atoms with Gasteiger partial charge in [0.25, 0.3) is 0 Å². The van der Waals surface area contributed by atoms with E-state index >= 15 is 0 Å². The van der Waals surface area contributed by atoms with Crippen LogP contribution in [0.15, 0.2) is 42.5 Å². The first-order valence-corrected chi connectivity index (χ1v) is 7.72. The van der Waals surface area contributed by atoms with Gasteiger partial charge in [-0.25, -0.2) is 0 Å². The van der Waals surface area contributed by atoms with Gasteiger partial charge in [0.05, 0.1) is 11.4 Å². The van der Waals surface area contributed by atoms with Crippen LogP contribution in [0.25, 0.3) is 0 Å². The van der Waals surface area contributed by atoms with Crippen LogP contribution < -0.4 is 15.1 Å². The van der Waals surface area contributed by atoms with Gasteiger partial charge < -0.3 is 15.1 Å². The molecule has 0 atom stereocenters. The molecule has 2 aliphatic heterocycles. The summed E-state index contributed by atoms with van der Waals surface area (Å²) in [5, 5.41) is 3.43. The Bertz CT molecular complexity index is 665. The summed E-state index contributed by atoms with van der Waals surface area (Å²) in [6.07, 6.45) is 1.16. The second-order valence-corrected chi connectivity index (χ2v) is 6.00. The van der Waals surface area contributed by atoms with Crippen molar-refractivity contribution in [1.29, 1.82) is 0 Å². The van der Waals surface area contributed by atoms with Crippen molar-refractivity contribution in [3.8, 4) is 0 Å². The number of hydrogen-bond donors (Lipinski definition) is 1. The molecule has 4 rings (SSSR count). The highest BCUT2D eigenvalue weighted by atomic mass is 15.2. The molecule has 0 saturated carbocycles. The summed E-state index contributed by atoms with van der Waals surface area (Å²) in [6, 6.07) is 15.6. The molecule has 0 spiro atoms. The summed E-state index contributed by atoms with van der Waals surface area (Å²) in [7, 11) is 2.18. The largest absolute Gasteiger partial charge is 0.384 e. The summed E-state index contributed by atoms with van der Waals surface area (Å²) >= 11 is 0. The molecule has 2 aromatic rings. The lowest BCUT2D eigenvalue weighted by Crippen LogP contribution is -2.38. The van der Waals surface area contributed by atoms with E-state index in [1.165, 1.54) is 28.2 Å². The highest BCUT2D eigenvalue weighted by Gasteiger charge is 2.20. The molecule has 108 valence electrons. The number of benzene rings is 2. The first-order chi connectivity index (χ1) is 10.3. The average molecular weight is 279 g/mol. The lowest BCUT2D eigenvalue weighted by molar-refractivity contribution is 0.734. The maximum absolute atomic E-state index is 3.43. The Morgan fingerprint density at radius 2 is 1.90 bits per heavy atom. The normalized spacial score (nSPS) is 16.4. The standard InChI is InChI=1S/C18H21N3/c1-20-10-11-21(18-5-3-2-4-17(18)20)13-14-6-7-16-15(12-14)8-9-19-16/h2-7,12,19H,8-11,13H2,1H3. The Hall–Kier alpha value is -2.16. The highest BCUT2D eigenvalue weighted by molar-refractivity contribution is 5.73. The Balaban J connectivity index is 1.62. The second kappa shape index (κ2) is 4.99. The van der Waals surface area contributed by atoms with E-state index in [0.29, 0.717) is 0 Å². The zero-order chi connectivity index (χ0) is 14.2. The molecule has 2 aromatic carbocycles. The van der Waals surface area contributed by atoms with E-state index in [0.717, 1.165) is 32.6 Å². The van der Waals surface area contributed by atoms with Gasteiger partial charge in [0.1, 0.15) is 0 Å². The Morgan fingerprint density at radius 3 is 2.81 bits per heavy atom. The van der Waals surface area contributed by atoms with Gasteiger partial charge in [0, 0.05) is 38.9 Å². The number of nitrogens with zero attached hydrogens (tertiary/aromatic N) is 2. The molecular weight excluding hydrogens is 258 g/mol. The molecular formula is C18H21N3. The van der Waals surface area contributed by atoms with E-state index in [9.17, 15) is 0 Å². The van der Waals surface area contributed by atoms with Crippen molar-refractivity contribution >= 4 is 17.1 Å². The van der Waals surface area contributed by atoms with E-state index in [-0.39, 0.29) is 0 Å². The van der Waals surface area contributed by atoms with Crippen LogP contribution in [0.1, 0.15) is 11.1 Å². The van der Waals surface area contributed by atoms with E-state index in [2.05, 4.69) is 64.6 Å². The molecule has 0 aliphatic carbocycles. The predicted molar refractivity (Wildman–Crippen MR) is 89.4 cm³/mol. The van der Waals surface area contributed by atoms with Crippen LogP contribution in [0.4, 0.5) is 17.1 Å². The van der Waals surface area contributed by atoms with Crippen LogP contribution in [0.5, 0.6) is 0 Å². The highest BCUT2D eigenvalue weighted by Crippen LogP contribution is 2.33. The zero-order valence-electron chi connectivity index (χ0n) is 12.5. The third kappa shape index (κ3) is 2.23. The van der Waals surface area contributed by atoms with Crippen LogP contribution >= 0.6 is 0 Å². The van der Waals surface area contributed by atoms with Crippen LogP contribution in [-0.4, -0.2) is 26.7 Å². The van der Waals surface area contributed by atoms with Gasteiger partial charge in [-0.05, 0) is 35.7 Å². The van der Waals surface area contributed by atoms with Gasteiger partial charge in [-0.15, -0.1) is 0 Å². The molecule has 0 aromatic heterocycles. The minimum absolute atomic E-state index is 0.998. The first kappa shape index (κ1) is 12.6. The van der Waals surface area contributed by atoms with Gasteiger partial charge in [0.2, 0.25) is 0 Å². The van der Waals surface area contributed by atoms with Gasteiger partial charge in [-0.3, -0.25) is 0 Å². The maximum Gasteiger partial charge on any atom is 0.0607 e. The van der Waals surface area contributed by atoms with Crippen LogP contribution in [-0.2, 0) is 13.0 Å². The number of likely N-dealkylation sites (N-methyl/N-ethyl adjacent to an activating group) is 1. The number of anilines is 3. The summed E-state index contributed by atoms with van der Waals surface area (Å²) in [5.74, 6) is 0. The molecule has 0 fully saturated rings. The molecule has 3 nitrogen and oxygen atoms in total. The summed E-state index contributed by atoms with van der Waals surface area (Å²) in [4.78, 5) is 4.85. The summed E-state index contributed by atoms with van der Waals surface area (Å²) in [5.41, 5.74) is 6.89. The Kier molecular flexibility index (Phi) is 2.99. The van der Waals surface area contributed by atoms with Crippen molar-refractivity contribution in [2.45, 2.75) is 13.0 Å². The summed E-state index contributed by atoms with van der Waals surface area (Å²) in [6.45, 7) is 4.25. The minimum atomic E-state index is 0.998. The number of fused-ring (bicyclic) bond motifs is 2. The number of para-hydroxylation sites is 2. The van der Waals surface area contributed by atoms with E-state index in [1.54, 1.807) is 0 Å². The lowest BCUT2D eigenvalue weighted by Gasteiger charge is -2.37. The molecule has 2 heterocycles. The summed E-state index contributed by atoms with van der Waals surface area (Å²) < 4.78 is 0. The third-order valence-electron chi connectivity index (χ3n) is 4.59. The molecule has 21 heavy (non-hydrogen) atoms. The first-order valence-electron chi connectivity index (χ1n) is 7.72. The Labute approximate surface area is 126 Å². The minimum Gasteiger partial charge on any atom is -0.384 e. The zero-order valence-corrected chi connectivity index (χ0v) is 12.5. The smallest absolute Gasteiger partial charge is 0.0607 e. The molecule has 1 N–H and O–H groups in total. The molecule has 0 bridgehead atoms. The van der Waals surface area contributed by atoms with Crippen molar-refractivity contribution in [2.75, 3.05) is 41.8 Å². The lowest BCUT2D eigenvalue weighted by atomic mass is 10.1. The molecule has 3 heteroatoms. The van der Waals surface area contributed by atoms with E-state index in [1.807, 2.05) is 0 Å². The van der Waals surface area contributed by atoms with Crippen molar-refractivity contribution in [3.05, 3.63) is 53.6 Å². The third-order valence-corrected chi connectivity index (χ3v) is 4.59. The molecule has 0 amide bonds. The number of nitrogens with one attached hydrogen (secondary N) is 1. The fourth-order valence-corrected chi connectivity index (χ4v) is 3.41. The van der Waals surface area contributed by atoms with Crippen molar-refractivity contribution in [1.82, 2.24) is 0 Å². The second-order valence-electron chi connectivity index (χ2n) is 6.00. The van der Waals surface area contributed by atoms with Gasteiger partial charge in [0.15, 0.2) is 0 Å². The Morgan fingerprint density at radius 1 is 1.05 bits per heavy atom. The van der Waals surface area contributed by atoms with E-state index < -0.39 is 0 Å². The number of hydrogen-bond acceptors (Lipinski definition) is 3.